The first-order chi connectivity index (χ1) is 16.1. The number of nitrogens with zero attached hydrogens (tertiary/aromatic N) is 2. The fraction of sp³-hybridized carbons (Fsp3) is 0.875. The Morgan fingerprint density at radius 1 is 0.914 bits per heavy atom. The third-order valence-electron chi connectivity index (χ3n) is 4.61. The summed E-state index contributed by atoms with van der Waals surface area (Å²) >= 11 is 0. The highest BCUT2D eigenvalue weighted by Gasteiger charge is 2.26. The summed E-state index contributed by atoms with van der Waals surface area (Å²) < 4.78 is 10.9. The molecule has 0 spiro atoms. The molecule has 0 heterocycles. The summed E-state index contributed by atoms with van der Waals surface area (Å²) in [6.07, 6.45) is 1.46. The van der Waals surface area contributed by atoms with Gasteiger partial charge in [0.15, 0.2) is 6.61 Å². The molecule has 0 saturated heterocycles. The molecule has 0 bridgehead atoms. The molecule has 1 unspecified atom stereocenters. The first-order valence-electron chi connectivity index (χ1n) is 12.3. The predicted molar refractivity (Wildman–Crippen MR) is 134 cm³/mol. The first-order valence-corrected chi connectivity index (χ1v) is 12.3. The van der Waals surface area contributed by atoms with Crippen molar-refractivity contribution in [3.63, 3.8) is 0 Å². The van der Waals surface area contributed by atoms with Crippen molar-refractivity contribution >= 4 is 18.0 Å². The number of carbonyl (C=O) groups is 3. The molecule has 0 aliphatic heterocycles. The van der Waals surface area contributed by atoms with Crippen LogP contribution in [0.25, 0.3) is 0 Å². The molecule has 0 saturated carbocycles. The second-order valence-electron chi connectivity index (χ2n) is 10.5. The Morgan fingerprint density at radius 3 is 2.09 bits per heavy atom. The number of ether oxygens (including phenoxy) is 2. The molecular formula is C24H48N4O7. The van der Waals surface area contributed by atoms with Crippen LogP contribution in [0.5, 0.6) is 0 Å². The Labute approximate surface area is 210 Å². The van der Waals surface area contributed by atoms with Crippen LogP contribution in [0.2, 0.25) is 0 Å². The third kappa shape index (κ3) is 19.0. The Bertz CT molecular complexity index is 632. The van der Waals surface area contributed by atoms with E-state index < -0.39 is 35.8 Å². The quantitative estimate of drug-likeness (QED) is 0.154. The summed E-state index contributed by atoms with van der Waals surface area (Å²) in [6.45, 7) is 13.6. The minimum absolute atomic E-state index is 0.304. The fourth-order valence-corrected chi connectivity index (χ4v) is 2.96. The van der Waals surface area contributed by atoms with E-state index in [0.717, 1.165) is 19.5 Å². The van der Waals surface area contributed by atoms with E-state index in [4.69, 9.17) is 19.4 Å². The number of amides is 1. The molecule has 0 rings (SSSR count). The Kier molecular flexibility index (Phi) is 15.7. The van der Waals surface area contributed by atoms with Gasteiger partial charge < -0.3 is 30.1 Å². The van der Waals surface area contributed by atoms with Crippen LogP contribution >= 0.6 is 0 Å². The van der Waals surface area contributed by atoms with Crippen LogP contribution in [0, 0.1) is 5.92 Å². The van der Waals surface area contributed by atoms with Crippen LogP contribution in [-0.4, -0.2) is 104 Å². The molecule has 1 amide bonds. The number of carbonyl (C=O) groups excluding carboxylic acids is 2. The molecule has 3 N–H and O–H groups in total. The second-order valence-corrected chi connectivity index (χ2v) is 10.5. The Hall–Kier alpha value is -1.95. The van der Waals surface area contributed by atoms with Crippen LogP contribution < -0.4 is 10.6 Å². The molecule has 206 valence electrons. The van der Waals surface area contributed by atoms with Crippen molar-refractivity contribution in [2.75, 3.05) is 60.0 Å². The highest BCUT2D eigenvalue weighted by atomic mass is 16.7. The smallest absolute Gasteiger partial charge is 0.410 e. The number of nitrogens with one attached hydrogen (secondary N) is 2. The average molecular weight is 505 g/mol. The van der Waals surface area contributed by atoms with Gasteiger partial charge >= 0.3 is 18.0 Å². The molecule has 0 aliphatic carbocycles. The van der Waals surface area contributed by atoms with Crippen LogP contribution in [-0.2, 0) is 23.9 Å². The number of carboxylic acid groups (broad SMARTS) is 1. The van der Waals surface area contributed by atoms with Crippen LogP contribution in [0.4, 0.5) is 4.79 Å². The lowest BCUT2D eigenvalue weighted by atomic mass is 10.0. The van der Waals surface area contributed by atoms with Gasteiger partial charge in [-0.15, -0.1) is 0 Å². The molecule has 11 nitrogen and oxygen atoms in total. The summed E-state index contributed by atoms with van der Waals surface area (Å²) in [5, 5.41) is 16.9. The molecule has 0 aliphatic rings. The van der Waals surface area contributed by atoms with Crippen molar-refractivity contribution in [3.05, 3.63) is 0 Å². The number of carboxylic acids is 1. The van der Waals surface area contributed by atoms with Crippen molar-refractivity contribution in [1.82, 2.24) is 20.6 Å². The lowest BCUT2D eigenvalue weighted by Crippen LogP contribution is -2.39. The normalized spacial score (nSPS) is 12.9. The largest absolute Gasteiger partial charge is 0.479 e. The van der Waals surface area contributed by atoms with E-state index in [-0.39, 0.29) is 5.97 Å². The van der Waals surface area contributed by atoms with Gasteiger partial charge in [-0.2, -0.15) is 5.06 Å². The van der Waals surface area contributed by atoms with Crippen LogP contribution in [0.3, 0.4) is 0 Å². The zero-order chi connectivity index (χ0) is 27.1. The summed E-state index contributed by atoms with van der Waals surface area (Å²) in [7, 11) is 3.54. The summed E-state index contributed by atoms with van der Waals surface area (Å²) in [5.41, 5.74) is -1.19. The number of hydroxylamine groups is 2. The average Bonchev–Trinajstić information content (AvgIpc) is 2.70. The lowest BCUT2D eigenvalue weighted by molar-refractivity contribution is -0.184. The zero-order valence-corrected chi connectivity index (χ0v) is 22.9. The molecule has 0 aromatic rings. The molecule has 0 radical (unpaired) electrons. The van der Waals surface area contributed by atoms with Crippen molar-refractivity contribution in [1.29, 1.82) is 0 Å². The SMILES string of the molecule is CNCCCNCC(CCN(CCCN(C)C(=O)OC(C)(C)C)OCC(=O)O)C(=O)OC(C)(C)C. The molecule has 0 aromatic heterocycles. The van der Waals surface area contributed by atoms with E-state index in [1.165, 1.54) is 9.96 Å². The monoisotopic (exact) mass is 504 g/mol. The maximum atomic E-state index is 12.8. The van der Waals surface area contributed by atoms with Gasteiger partial charge in [0, 0.05) is 33.2 Å². The standard InChI is InChI=1S/C24H48N4O7/c1-23(2,3)34-21(31)19(17-26-13-9-12-25-7)11-16-28(33-18-20(29)30)15-10-14-27(8)22(32)35-24(4,5)6/h19,25-26H,9-18H2,1-8H3,(H,29,30). The molecule has 1 atom stereocenters. The maximum Gasteiger partial charge on any atom is 0.410 e. The highest BCUT2D eigenvalue weighted by molar-refractivity contribution is 5.73. The summed E-state index contributed by atoms with van der Waals surface area (Å²) in [6, 6.07) is 0. The predicted octanol–water partition coefficient (Wildman–Crippen LogP) is 2.11. The van der Waals surface area contributed by atoms with E-state index >= 15 is 0 Å². The van der Waals surface area contributed by atoms with Crippen molar-refractivity contribution < 1.29 is 33.8 Å². The zero-order valence-electron chi connectivity index (χ0n) is 22.9. The van der Waals surface area contributed by atoms with Crippen LogP contribution in [0.15, 0.2) is 0 Å². The van der Waals surface area contributed by atoms with E-state index in [9.17, 15) is 14.4 Å². The van der Waals surface area contributed by atoms with Gasteiger partial charge in [-0.05, 0) is 80.9 Å². The van der Waals surface area contributed by atoms with Gasteiger partial charge in [0.1, 0.15) is 11.2 Å². The Morgan fingerprint density at radius 2 is 1.54 bits per heavy atom. The van der Waals surface area contributed by atoms with Crippen molar-refractivity contribution in [3.8, 4) is 0 Å². The maximum absolute atomic E-state index is 12.8. The summed E-state index contributed by atoms with van der Waals surface area (Å²) in [5.74, 6) is -1.80. The van der Waals surface area contributed by atoms with E-state index in [1.807, 2.05) is 27.8 Å². The van der Waals surface area contributed by atoms with E-state index in [2.05, 4.69) is 10.6 Å². The Balaban J connectivity index is 4.96. The summed E-state index contributed by atoms with van der Waals surface area (Å²) in [4.78, 5) is 42.8. The fourth-order valence-electron chi connectivity index (χ4n) is 2.96. The lowest BCUT2D eigenvalue weighted by Gasteiger charge is -2.27. The number of hydrogen-bond acceptors (Lipinski definition) is 9. The van der Waals surface area contributed by atoms with Gasteiger partial charge in [-0.25, -0.2) is 9.59 Å². The molecule has 0 aromatic carbocycles. The second kappa shape index (κ2) is 16.7. The number of aliphatic carboxylic acids is 1. The number of esters is 1. The molecule has 35 heavy (non-hydrogen) atoms. The molecule has 0 fully saturated rings. The van der Waals surface area contributed by atoms with Gasteiger partial charge in [0.25, 0.3) is 0 Å². The minimum Gasteiger partial charge on any atom is -0.479 e. The first kappa shape index (κ1) is 33.0. The van der Waals surface area contributed by atoms with E-state index in [0.29, 0.717) is 39.0 Å². The highest BCUT2D eigenvalue weighted by Crippen LogP contribution is 2.15. The third-order valence-corrected chi connectivity index (χ3v) is 4.61. The topological polar surface area (TPSA) is 130 Å². The van der Waals surface area contributed by atoms with Crippen molar-refractivity contribution in [2.45, 2.75) is 72.0 Å². The van der Waals surface area contributed by atoms with Gasteiger partial charge in [0.2, 0.25) is 0 Å². The number of rotatable bonds is 17. The molecular weight excluding hydrogens is 456 g/mol. The van der Waals surface area contributed by atoms with E-state index in [1.54, 1.807) is 27.8 Å². The van der Waals surface area contributed by atoms with Gasteiger partial charge in [-0.1, -0.05) is 0 Å². The number of hydrogen-bond donors (Lipinski definition) is 3. The molecule has 11 heteroatoms. The van der Waals surface area contributed by atoms with Crippen LogP contribution in [0.1, 0.15) is 60.8 Å². The van der Waals surface area contributed by atoms with Gasteiger partial charge in [0.05, 0.1) is 5.92 Å². The minimum atomic E-state index is -1.09. The van der Waals surface area contributed by atoms with Crippen molar-refractivity contribution in [2.24, 2.45) is 5.92 Å². The van der Waals surface area contributed by atoms with Gasteiger partial charge in [-0.3, -0.25) is 9.63 Å².